The third-order valence-corrected chi connectivity index (χ3v) is 2.50. The quantitative estimate of drug-likeness (QED) is 0.712. The van der Waals surface area contributed by atoms with Crippen LogP contribution >= 0.6 is 15.9 Å². The molecule has 0 N–H and O–H groups in total. The first-order chi connectivity index (χ1) is 6.70. The first-order valence-corrected chi connectivity index (χ1v) is 4.80. The molecule has 0 aliphatic carbocycles. The summed E-state index contributed by atoms with van der Waals surface area (Å²) in [7, 11) is 0. The maximum atomic E-state index is 13.3. The minimum Gasteiger partial charge on any atom is -0.475 e. The molecule has 0 aromatic heterocycles. The van der Waals surface area contributed by atoms with Crippen LogP contribution in [0.5, 0.6) is 0 Å². The number of halogens is 3. The van der Waals surface area contributed by atoms with Crippen molar-refractivity contribution in [2.75, 3.05) is 13.2 Å². The van der Waals surface area contributed by atoms with Crippen molar-refractivity contribution in [3.63, 3.8) is 0 Å². The molecule has 1 aromatic carbocycles. The second kappa shape index (κ2) is 3.65. The molecule has 1 aromatic rings. The van der Waals surface area contributed by atoms with Crippen LogP contribution in [-0.4, -0.2) is 19.0 Å². The Morgan fingerprint density at radius 1 is 1.36 bits per heavy atom. The van der Waals surface area contributed by atoms with Gasteiger partial charge in [0, 0.05) is 4.47 Å². The van der Waals surface area contributed by atoms with Crippen LogP contribution in [0.4, 0.5) is 8.78 Å². The van der Waals surface area contributed by atoms with E-state index in [9.17, 15) is 8.78 Å². The van der Waals surface area contributed by atoms with E-state index in [0.717, 1.165) is 6.07 Å². The molecule has 1 heterocycles. The van der Waals surface area contributed by atoms with Gasteiger partial charge in [-0.3, -0.25) is 0 Å². The second-order valence-corrected chi connectivity index (χ2v) is 3.61. The Morgan fingerprint density at radius 2 is 2.14 bits per heavy atom. The van der Waals surface area contributed by atoms with Gasteiger partial charge < -0.3 is 4.74 Å². The zero-order chi connectivity index (χ0) is 10.1. The summed E-state index contributed by atoms with van der Waals surface area (Å²) in [4.78, 5) is 3.93. The molecule has 0 amide bonds. The van der Waals surface area contributed by atoms with Crippen molar-refractivity contribution in [1.29, 1.82) is 0 Å². The molecule has 0 bridgehead atoms. The lowest BCUT2D eigenvalue weighted by Crippen LogP contribution is -2.07. The highest BCUT2D eigenvalue weighted by atomic mass is 79.9. The van der Waals surface area contributed by atoms with Crippen LogP contribution in [0, 0.1) is 11.6 Å². The van der Waals surface area contributed by atoms with Crippen molar-refractivity contribution < 1.29 is 13.5 Å². The Hall–Kier alpha value is -0.970. The van der Waals surface area contributed by atoms with E-state index >= 15 is 0 Å². The van der Waals surface area contributed by atoms with Crippen LogP contribution < -0.4 is 0 Å². The highest BCUT2D eigenvalue weighted by molar-refractivity contribution is 9.10. The predicted molar refractivity (Wildman–Crippen MR) is 51.4 cm³/mol. The fourth-order valence-electron chi connectivity index (χ4n) is 1.21. The number of rotatable bonds is 1. The van der Waals surface area contributed by atoms with E-state index < -0.39 is 11.6 Å². The molecular weight excluding hydrogens is 256 g/mol. The van der Waals surface area contributed by atoms with Gasteiger partial charge in [0.1, 0.15) is 6.61 Å². The lowest BCUT2D eigenvalue weighted by molar-refractivity contribution is 0.346. The molecule has 0 saturated carbocycles. The number of nitrogens with zero attached hydrogens (tertiary/aromatic N) is 1. The zero-order valence-corrected chi connectivity index (χ0v) is 8.64. The third-order valence-electron chi connectivity index (χ3n) is 1.84. The summed E-state index contributed by atoms with van der Waals surface area (Å²) in [6, 6.07) is 2.48. The summed E-state index contributed by atoms with van der Waals surface area (Å²) in [5, 5.41) is 0. The summed E-state index contributed by atoms with van der Waals surface area (Å²) >= 11 is 3.12. The van der Waals surface area contributed by atoms with Crippen LogP contribution in [-0.2, 0) is 4.74 Å². The van der Waals surface area contributed by atoms with Crippen LogP contribution in [0.1, 0.15) is 5.56 Å². The summed E-state index contributed by atoms with van der Waals surface area (Å²) in [6.45, 7) is 0.898. The standard InChI is InChI=1S/C9H6BrF2NO/c10-5-1-2-6(11)8(12)7(5)9-13-3-4-14-9/h1-2H,3-4H2. The fraction of sp³-hybridized carbons (Fsp3) is 0.222. The van der Waals surface area contributed by atoms with Gasteiger partial charge in [-0.15, -0.1) is 0 Å². The van der Waals surface area contributed by atoms with E-state index in [0.29, 0.717) is 17.6 Å². The van der Waals surface area contributed by atoms with E-state index in [-0.39, 0.29) is 11.5 Å². The molecule has 0 unspecified atom stereocenters. The average Bonchev–Trinajstić information content (AvgIpc) is 2.65. The van der Waals surface area contributed by atoms with Crippen molar-refractivity contribution in [3.8, 4) is 0 Å². The summed E-state index contributed by atoms with van der Waals surface area (Å²) in [6.07, 6.45) is 0. The number of hydrogen-bond donors (Lipinski definition) is 0. The lowest BCUT2D eigenvalue weighted by atomic mass is 10.2. The smallest absolute Gasteiger partial charge is 0.220 e. The van der Waals surface area contributed by atoms with Gasteiger partial charge in [0.25, 0.3) is 0 Å². The molecule has 5 heteroatoms. The summed E-state index contributed by atoms with van der Waals surface area (Å²) in [5.74, 6) is -1.67. The molecular formula is C9H6BrF2NO. The molecule has 0 radical (unpaired) electrons. The largest absolute Gasteiger partial charge is 0.475 e. The molecule has 1 aliphatic rings. The molecule has 0 fully saturated rings. The highest BCUT2D eigenvalue weighted by Gasteiger charge is 2.20. The van der Waals surface area contributed by atoms with Crippen LogP contribution in [0.3, 0.4) is 0 Å². The van der Waals surface area contributed by atoms with Crippen LogP contribution in [0.2, 0.25) is 0 Å². The predicted octanol–water partition coefficient (Wildman–Crippen LogP) is 2.50. The first-order valence-electron chi connectivity index (χ1n) is 4.01. The molecule has 74 valence electrons. The van der Waals surface area contributed by atoms with Gasteiger partial charge in [-0.2, -0.15) is 0 Å². The third kappa shape index (κ3) is 1.52. The minimum atomic E-state index is -0.931. The van der Waals surface area contributed by atoms with Gasteiger partial charge in [0.15, 0.2) is 11.6 Å². The Balaban J connectivity index is 2.55. The molecule has 0 atom stereocenters. The minimum absolute atomic E-state index is 0.0579. The van der Waals surface area contributed by atoms with Crippen molar-refractivity contribution >= 4 is 21.8 Å². The Morgan fingerprint density at radius 3 is 2.79 bits per heavy atom. The molecule has 0 spiro atoms. The van der Waals surface area contributed by atoms with Gasteiger partial charge in [-0.05, 0) is 28.1 Å². The second-order valence-electron chi connectivity index (χ2n) is 2.75. The molecule has 1 aliphatic heterocycles. The van der Waals surface area contributed by atoms with E-state index in [2.05, 4.69) is 20.9 Å². The number of hydrogen-bond acceptors (Lipinski definition) is 2. The van der Waals surface area contributed by atoms with Gasteiger partial charge in [-0.25, -0.2) is 13.8 Å². The number of aliphatic imine (C=N–C) groups is 1. The van der Waals surface area contributed by atoms with Gasteiger partial charge in [0.05, 0.1) is 12.1 Å². The van der Waals surface area contributed by atoms with Gasteiger partial charge in [-0.1, -0.05) is 0 Å². The Labute approximate surface area is 87.7 Å². The summed E-state index contributed by atoms with van der Waals surface area (Å²) in [5.41, 5.74) is 0.0579. The van der Waals surface area contributed by atoms with E-state index in [1.165, 1.54) is 6.07 Å². The Kier molecular flexibility index (Phi) is 2.50. The van der Waals surface area contributed by atoms with Crippen LogP contribution in [0.25, 0.3) is 0 Å². The first kappa shape index (κ1) is 9.58. The van der Waals surface area contributed by atoms with Crippen molar-refractivity contribution in [3.05, 3.63) is 33.8 Å². The number of benzene rings is 1. The topological polar surface area (TPSA) is 21.6 Å². The Bertz CT molecular complexity index is 406. The molecule has 2 rings (SSSR count). The van der Waals surface area contributed by atoms with Gasteiger partial charge >= 0.3 is 0 Å². The van der Waals surface area contributed by atoms with Gasteiger partial charge in [0.2, 0.25) is 5.90 Å². The van der Waals surface area contributed by atoms with Crippen LogP contribution in [0.15, 0.2) is 21.6 Å². The van der Waals surface area contributed by atoms with E-state index in [1.807, 2.05) is 0 Å². The summed E-state index contributed by atoms with van der Waals surface area (Å²) < 4.78 is 31.8. The molecule has 2 nitrogen and oxygen atoms in total. The van der Waals surface area contributed by atoms with Crippen molar-refractivity contribution in [1.82, 2.24) is 0 Å². The SMILES string of the molecule is Fc1ccc(Br)c(C2=NCCO2)c1F. The van der Waals surface area contributed by atoms with Crippen molar-refractivity contribution in [2.24, 2.45) is 4.99 Å². The lowest BCUT2D eigenvalue weighted by Gasteiger charge is -2.06. The van der Waals surface area contributed by atoms with Crippen molar-refractivity contribution in [2.45, 2.75) is 0 Å². The molecule has 14 heavy (non-hydrogen) atoms. The maximum absolute atomic E-state index is 13.3. The van der Waals surface area contributed by atoms with E-state index in [4.69, 9.17) is 4.74 Å². The maximum Gasteiger partial charge on any atom is 0.220 e. The van der Waals surface area contributed by atoms with E-state index in [1.54, 1.807) is 0 Å². The normalized spacial score (nSPS) is 15.2. The molecule has 0 saturated heterocycles. The zero-order valence-electron chi connectivity index (χ0n) is 7.06. The monoisotopic (exact) mass is 261 g/mol. The fourth-order valence-corrected chi connectivity index (χ4v) is 1.69. The average molecular weight is 262 g/mol. The highest BCUT2D eigenvalue weighted by Crippen LogP contribution is 2.24. The number of ether oxygens (including phenoxy) is 1.